The Morgan fingerprint density at radius 3 is 2.65 bits per heavy atom. The number of hydrogen-bond acceptors (Lipinski definition) is 3. The first-order valence-electron chi connectivity index (χ1n) is 6.54. The third-order valence-electron chi connectivity index (χ3n) is 3.73. The third-order valence-corrected chi connectivity index (χ3v) is 3.73. The van der Waals surface area contributed by atoms with E-state index in [1.165, 1.54) is 0 Å². The zero-order valence-electron chi connectivity index (χ0n) is 11.2. The van der Waals surface area contributed by atoms with Crippen molar-refractivity contribution in [3.05, 3.63) is 65.6 Å². The minimum absolute atomic E-state index is 0.155. The van der Waals surface area contributed by atoms with Gasteiger partial charge >= 0.3 is 5.97 Å². The predicted octanol–water partition coefficient (Wildman–Crippen LogP) is 3.13. The average molecular weight is 267 g/mol. The molecule has 0 spiro atoms. The molecule has 2 aromatic carbocycles. The molecule has 0 amide bonds. The smallest absolute Gasteiger partial charge is 0.323 e. The second-order valence-corrected chi connectivity index (χ2v) is 4.95. The minimum atomic E-state index is -0.559. The van der Waals surface area contributed by atoms with Gasteiger partial charge in [0.15, 0.2) is 0 Å². The summed E-state index contributed by atoms with van der Waals surface area (Å²) in [6, 6.07) is 11.1. The Labute approximate surface area is 117 Å². The monoisotopic (exact) mass is 267 g/mol. The number of benzene rings is 2. The van der Waals surface area contributed by atoms with E-state index in [0.29, 0.717) is 17.7 Å². The van der Waals surface area contributed by atoms with Gasteiger partial charge in [-0.2, -0.15) is 0 Å². The van der Waals surface area contributed by atoms with E-state index in [-0.39, 0.29) is 11.7 Å². The molecule has 0 fully saturated rings. The van der Waals surface area contributed by atoms with Crippen LogP contribution in [0.5, 0.6) is 11.5 Å². The van der Waals surface area contributed by atoms with Gasteiger partial charge in [0.25, 0.3) is 0 Å². The topological polar surface area (TPSA) is 46.5 Å². The van der Waals surface area contributed by atoms with Gasteiger partial charge in [0.2, 0.25) is 0 Å². The van der Waals surface area contributed by atoms with Crippen LogP contribution < -0.4 is 4.74 Å². The lowest BCUT2D eigenvalue weighted by Crippen LogP contribution is -2.11. The first-order chi connectivity index (χ1) is 9.63. The molecule has 1 N–H and O–H groups in total. The summed E-state index contributed by atoms with van der Waals surface area (Å²) in [5, 5.41) is 10.2. The highest BCUT2D eigenvalue weighted by molar-refractivity contribution is 5.90. The maximum atomic E-state index is 12.2. The molecule has 1 atom stereocenters. The summed E-state index contributed by atoms with van der Waals surface area (Å²) >= 11 is 0. The minimum Gasteiger partial charge on any atom is -0.507 e. The number of hydrogen-bond donors (Lipinski definition) is 1. The highest BCUT2D eigenvalue weighted by Crippen LogP contribution is 2.44. The molecule has 1 unspecified atom stereocenters. The summed E-state index contributed by atoms with van der Waals surface area (Å²) in [6.07, 6.45) is 0.559. The van der Waals surface area contributed by atoms with Crippen molar-refractivity contribution in [2.75, 3.05) is 0 Å². The molecule has 2 aromatic rings. The van der Waals surface area contributed by atoms with Crippen LogP contribution in [0.1, 0.15) is 28.2 Å². The number of para-hydroxylation sites is 2. The maximum absolute atomic E-state index is 12.2. The van der Waals surface area contributed by atoms with Crippen LogP contribution in [0.25, 0.3) is 0 Å². The van der Waals surface area contributed by atoms with Crippen LogP contribution in [-0.2, 0) is 11.2 Å². The first-order valence-corrected chi connectivity index (χ1v) is 6.54. The number of rotatable bonds is 2. The van der Waals surface area contributed by atoms with E-state index in [0.717, 1.165) is 16.7 Å². The molecule has 0 saturated carbocycles. The fourth-order valence-electron chi connectivity index (χ4n) is 2.65. The van der Waals surface area contributed by atoms with Gasteiger partial charge in [-0.05, 0) is 12.5 Å². The van der Waals surface area contributed by atoms with Crippen LogP contribution in [0.15, 0.2) is 36.4 Å². The highest BCUT2D eigenvalue weighted by atomic mass is 16.5. The quantitative estimate of drug-likeness (QED) is 0.516. The van der Waals surface area contributed by atoms with E-state index >= 15 is 0 Å². The number of ether oxygens (including phenoxy) is 1. The van der Waals surface area contributed by atoms with Gasteiger partial charge in [-0.25, -0.2) is 0 Å². The lowest BCUT2D eigenvalue weighted by molar-refractivity contribution is -0.133. The normalized spacial score (nSPS) is 16.9. The Bertz CT molecular complexity index is 689. The molecular weight excluding hydrogens is 252 g/mol. The molecule has 1 heterocycles. The largest absolute Gasteiger partial charge is 0.507 e. The average Bonchev–Trinajstić information content (AvgIpc) is 2.78. The number of carbonyl (C=O) groups excluding carboxylic acids is 1. The van der Waals surface area contributed by atoms with Crippen molar-refractivity contribution in [1.82, 2.24) is 0 Å². The zero-order chi connectivity index (χ0) is 14.3. The van der Waals surface area contributed by atoms with Gasteiger partial charge in [-0.15, -0.1) is 0 Å². The van der Waals surface area contributed by atoms with E-state index in [1.807, 2.05) is 37.3 Å². The van der Waals surface area contributed by atoms with E-state index in [4.69, 9.17) is 4.74 Å². The fraction of sp³-hybridized carbons (Fsp3) is 0.176. The van der Waals surface area contributed by atoms with Gasteiger partial charge in [0.1, 0.15) is 23.8 Å². The van der Waals surface area contributed by atoms with E-state index in [2.05, 4.69) is 6.92 Å². The number of aromatic hydroxyl groups is 1. The Kier molecular flexibility index (Phi) is 2.90. The summed E-state index contributed by atoms with van der Waals surface area (Å²) in [5.41, 5.74) is 3.05. The Hall–Kier alpha value is -2.42. The maximum Gasteiger partial charge on any atom is 0.323 e. The number of fused-ring (bicyclic) bond motifs is 1. The molecule has 3 nitrogen and oxygen atoms in total. The van der Waals surface area contributed by atoms with Crippen LogP contribution in [-0.4, -0.2) is 11.1 Å². The third kappa shape index (κ3) is 1.74. The molecule has 0 radical (unpaired) electrons. The number of esters is 1. The van der Waals surface area contributed by atoms with E-state index < -0.39 is 5.92 Å². The molecule has 0 aliphatic carbocycles. The number of phenols is 1. The van der Waals surface area contributed by atoms with Gasteiger partial charge in [-0.3, -0.25) is 4.79 Å². The molecule has 20 heavy (non-hydrogen) atoms. The molecule has 1 aliphatic heterocycles. The molecular formula is C17H15O3+. The molecule has 0 bridgehead atoms. The van der Waals surface area contributed by atoms with Crippen LogP contribution >= 0.6 is 0 Å². The molecule has 100 valence electrons. The van der Waals surface area contributed by atoms with Crippen LogP contribution in [0.4, 0.5) is 0 Å². The van der Waals surface area contributed by atoms with Crippen molar-refractivity contribution in [2.45, 2.75) is 19.3 Å². The predicted molar refractivity (Wildman–Crippen MR) is 75.8 cm³/mol. The molecule has 1 aliphatic rings. The summed E-state index contributed by atoms with van der Waals surface area (Å²) in [4.78, 5) is 12.2. The number of carbonyl (C=O) groups is 1. The van der Waals surface area contributed by atoms with Crippen molar-refractivity contribution < 1.29 is 14.6 Å². The fourth-order valence-corrected chi connectivity index (χ4v) is 2.65. The number of aryl methyl sites for hydroxylation is 1. The van der Waals surface area contributed by atoms with Crippen LogP contribution in [0, 0.1) is 13.8 Å². The van der Waals surface area contributed by atoms with Crippen LogP contribution in [0.2, 0.25) is 0 Å². The summed E-state index contributed by atoms with van der Waals surface area (Å²) < 4.78 is 5.40. The van der Waals surface area contributed by atoms with Gasteiger partial charge in [0, 0.05) is 16.7 Å². The van der Waals surface area contributed by atoms with E-state index in [9.17, 15) is 9.90 Å². The summed E-state index contributed by atoms with van der Waals surface area (Å²) in [6.45, 7) is 5.66. The van der Waals surface area contributed by atoms with Gasteiger partial charge < -0.3 is 9.84 Å². The van der Waals surface area contributed by atoms with Crippen molar-refractivity contribution in [3.63, 3.8) is 0 Å². The van der Waals surface area contributed by atoms with Crippen molar-refractivity contribution in [1.29, 1.82) is 0 Å². The molecule has 0 saturated heterocycles. The summed E-state index contributed by atoms with van der Waals surface area (Å²) in [7, 11) is 0. The Balaban J connectivity index is 2.18. The first kappa shape index (κ1) is 12.6. The van der Waals surface area contributed by atoms with Crippen LogP contribution in [0.3, 0.4) is 0 Å². The molecule has 0 aromatic heterocycles. The van der Waals surface area contributed by atoms with Crippen molar-refractivity contribution in [2.24, 2.45) is 0 Å². The van der Waals surface area contributed by atoms with Crippen molar-refractivity contribution in [3.8, 4) is 11.5 Å². The lowest BCUT2D eigenvalue weighted by atomic mass is 9.89. The summed E-state index contributed by atoms with van der Waals surface area (Å²) in [5.74, 6) is -0.154. The molecule has 3 heteroatoms. The zero-order valence-corrected chi connectivity index (χ0v) is 11.2. The Morgan fingerprint density at radius 2 is 1.90 bits per heavy atom. The molecule has 3 rings (SSSR count). The van der Waals surface area contributed by atoms with Gasteiger partial charge in [-0.1, -0.05) is 36.4 Å². The Morgan fingerprint density at radius 1 is 1.20 bits per heavy atom. The van der Waals surface area contributed by atoms with E-state index in [1.54, 1.807) is 6.07 Å². The SMILES string of the molecule is [CH2+]Cc1cccc2c1OC(=O)C2c1cccc(C)c1O. The lowest BCUT2D eigenvalue weighted by Gasteiger charge is -2.11. The highest BCUT2D eigenvalue weighted by Gasteiger charge is 2.37. The van der Waals surface area contributed by atoms with Crippen molar-refractivity contribution >= 4 is 5.97 Å². The second-order valence-electron chi connectivity index (χ2n) is 4.95. The van der Waals surface area contributed by atoms with Gasteiger partial charge in [0.05, 0.1) is 6.92 Å². The number of phenolic OH excluding ortho intramolecular Hbond substituents is 1. The second kappa shape index (κ2) is 4.60. The standard InChI is InChI=1S/C17H14O3/c1-3-11-7-5-9-13-14(17(19)20-16(11)13)12-8-4-6-10(2)15(12)18/h4-9,14H,1,3H2,2H3/p+1.